The highest BCUT2D eigenvalue weighted by Gasteiger charge is 2.14. The summed E-state index contributed by atoms with van der Waals surface area (Å²) in [6.45, 7) is 7.81. The Bertz CT molecular complexity index is 446. The van der Waals surface area contributed by atoms with Gasteiger partial charge in [-0.2, -0.15) is 0 Å². The molecule has 1 fully saturated rings. The minimum atomic E-state index is 0. The quantitative estimate of drug-likeness (QED) is 0.395. The van der Waals surface area contributed by atoms with Gasteiger partial charge in [-0.05, 0) is 44.0 Å². The number of halogens is 1. The summed E-state index contributed by atoms with van der Waals surface area (Å²) in [6.07, 6.45) is 5.46. The minimum absolute atomic E-state index is 0. The Labute approximate surface area is 157 Å². The Kier molecular flexibility index (Phi) is 10.2. The summed E-state index contributed by atoms with van der Waals surface area (Å²) in [4.78, 5) is 11.2. The maximum absolute atomic E-state index is 4.33. The number of aromatic nitrogens is 1. The molecule has 0 amide bonds. The molecular formula is C17H30IN5. The van der Waals surface area contributed by atoms with Gasteiger partial charge in [-0.15, -0.1) is 24.0 Å². The van der Waals surface area contributed by atoms with Gasteiger partial charge in [-0.1, -0.05) is 13.0 Å². The monoisotopic (exact) mass is 431 g/mol. The number of aliphatic imine (C=N–C) groups is 1. The van der Waals surface area contributed by atoms with Gasteiger partial charge in [0.1, 0.15) is 0 Å². The molecule has 0 aliphatic carbocycles. The Morgan fingerprint density at radius 2 is 2.09 bits per heavy atom. The van der Waals surface area contributed by atoms with E-state index in [9.17, 15) is 0 Å². The van der Waals surface area contributed by atoms with Crippen LogP contribution in [0.2, 0.25) is 0 Å². The van der Waals surface area contributed by atoms with Crippen molar-refractivity contribution in [2.75, 3.05) is 39.8 Å². The molecule has 0 bridgehead atoms. The molecule has 2 rings (SSSR count). The Morgan fingerprint density at radius 1 is 1.30 bits per heavy atom. The zero-order valence-corrected chi connectivity index (χ0v) is 16.6. The molecule has 1 saturated heterocycles. The first-order valence-corrected chi connectivity index (χ1v) is 8.34. The van der Waals surface area contributed by atoms with Crippen molar-refractivity contribution in [2.45, 2.75) is 26.2 Å². The van der Waals surface area contributed by atoms with E-state index in [-0.39, 0.29) is 24.0 Å². The summed E-state index contributed by atoms with van der Waals surface area (Å²) < 4.78 is 0. The van der Waals surface area contributed by atoms with Gasteiger partial charge >= 0.3 is 0 Å². The summed E-state index contributed by atoms with van der Waals surface area (Å²) >= 11 is 0. The lowest BCUT2D eigenvalue weighted by atomic mass is 10.1. The molecule has 5 nitrogen and oxygen atoms in total. The van der Waals surface area contributed by atoms with Crippen LogP contribution in [0.3, 0.4) is 0 Å². The lowest BCUT2D eigenvalue weighted by Crippen LogP contribution is -2.42. The van der Waals surface area contributed by atoms with Crippen molar-refractivity contribution in [3.05, 3.63) is 30.1 Å². The topological polar surface area (TPSA) is 52.6 Å². The smallest absolute Gasteiger partial charge is 0.190 e. The SMILES string of the molecule is CN=C(NCCc1ccccn1)NCC(C)CN1CCCC1.I. The highest BCUT2D eigenvalue weighted by Crippen LogP contribution is 2.09. The maximum atomic E-state index is 4.33. The van der Waals surface area contributed by atoms with Crippen LogP contribution in [0.4, 0.5) is 0 Å². The van der Waals surface area contributed by atoms with Crippen molar-refractivity contribution >= 4 is 29.9 Å². The first-order chi connectivity index (χ1) is 10.8. The molecule has 1 aromatic rings. The zero-order chi connectivity index (χ0) is 15.6. The Morgan fingerprint density at radius 3 is 2.74 bits per heavy atom. The van der Waals surface area contributed by atoms with Crippen LogP contribution in [0.25, 0.3) is 0 Å². The second kappa shape index (κ2) is 11.6. The number of pyridine rings is 1. The predicted molar refractivity (Wildman–Crippen MR) is 108 cm³/mol. The van der Waals surface area contributed by atoms with E-state index in [1.165, 1.54) is 32.5 Å². The molecule has 1 unspecified atom stereocenters. The van der Waals surface area contributed by atoms with Gasteiger partial charge in [-0.25, -0.2) is 0 Å². The number of likely N-dealkylation sites (tertiary alicyclic amines) is 1. The molecule has 0 aromatic carbocycles. The van der Waals surface area contributed by atoms with Gasteiger partial charge in [0.15, 0.2) is 5.96 Å². The third kappa shape index (κ3) is 7.97. The van der Waals surface area contributed by atoms with E-state index in [0.29, 0.717) is 5.92 Å². The first-order valence-electron chi connectivity index (χ1n) is 8.34. The molecule has 23 heavy (non-hydrogen) atoms. The second-order valence-corrected chi connectivity index (χ2v) is 6.06. The molecule has 6 heteroatoms. The van der Waals surface area contributed by atoms with Gasteiger partial charge in [0.2, 0.25) is 0 Å². The van der Waals surface area contributed by atoms with Crippen LogP contribution >= 0.6 is 24.0 Å². The summed E-state index contributed by atoms with van der Waals surface area (Å²) in [5.41, 5.74) is 1.10. The van der Waals surface area contributed by atoms with Gasteiger partial charge in [0, 0.05) is 45.0 Å². The third-order valence-electron chi connectivity index (χ3n) is 4.01. The third-order valence-corrected chi connectivity index (χ3v) is 4.01. The van der Waals surface area contributed by atoms with Crippen LogP contribution in [0.1, 0.15) is 25.5 Å². The first kappa shape index (κ1) is 20.2. The van der Waals surface area contributed by atoms with E-state index in [1.54, 1.807) is 0 Å². The summed E-state index contributed by atoms with van der Waals surface area (Å²) in [5, 5.41) is 6.77. The van der Waals surface area contributed by atoms with E-state index in [2.05, 4.69) is 38.5 Å². The average molecular weight is 431 g/mol. The maximum Gasteiger partial charge on any atom is 0.190 e. The molecule has 0 saturated carbocycles. The van der Waals surface area contributed by atoms with Crippen molar-refractivity contribution in [3.8, 4) is 0 Å². The summed E-state index contributed by atoms with van der Waals surface area (Å²) in [5.74, 6) is 1.51. The van der Waals surface area contributed by atoms with Crippen molar-refractivity contribution in [3.63, 3.8) is 0 Å². The van der Waals surface area contributed by atoms with Crippen LogP contribution in [0.5, 0.6) is 0 Å². The molecule has 1 atom stereocenters. The standard InChI is InChI=1S/C17H29N5.HI/c1-15(14-22-11-5-6-12-22)13-21-17(18-2)20-10-8-16-7-3-4-9-19-16;/h3-4,7,9,15H,5-6,8,10-14H2,1-2H3,(H2,18,20,21);1H. The number of nitrogens with zero attached hydrogens (tertiary/aromatic N) is 3. The van der Waals surface area contributed by atoms with Crippen LogP contribution in [-0.2, 0) is 6.42 Å². The molecule has 0 spiro atoms. The highest BCUT2D eigenvalue weighted by atomic mass is 127. The summed E-state index contributed by atoms with van der Waals surface area (Å²) in [6, 6.07) is 6.02. The number of rotatable bonds is 7. The zero-order valence-electron chi connectivity index (χ0n) is 14.3. The van der Waals surface area contributed by atoms with E-state index in [0.717, 1.165) is 31.2 Å². The number of hydrogen-bond donors (Lipinski definition) is 2. The fourth-order valence-electron chi connectivity index (χ4n) is 2.82. The van der Waals surface area contributed by atoms with E-state index in [4.69, 9.17) is 0 Å². The molecular weight excluding hydrogens is 401 g/mol. The van der Waals surface area contributed by atoms with Crippen LogP contribution < -0.4 is 10.6 Å². The van der Waals surface area contributed by atoms with Crippen LogP contribution in [-0.4, -0.2) is 55.6 Å². The molecule has 130 valence electrons. The Balaban J connectivity index is 0.00000264. The van der Waals surface area contributed by atoms with Gasteiger partial charge in [0.25, 0.3) is 0 Å². The van der Waals surface area contributed by atoms with Crippen molar-refractivity contribution < 1.29 is 0 Å². The molecule has 1 aromatic heterocycles. The molecule has 0 radical (unpaired) electrons. The van der Waals surface area contributed by atoms with Crippen LogP contribution in [0, 0.1) is 5.92 Å². The number of guanidine groups is 1. The average Bonchev–Trinajstić information content (AvgIpc) is 3.04. The normalized spacial score (nSPS) is 16.7. The van der Waals surface area contributed by atoms with E-state index >= 15 is 0 Å². The largest absolute Gasteiger partial charge is 0.356 e. The van der Waals surface area contributed by atoms with Gasteiger partial charge in [0.05, 0.1) is 0 Å². The molecule has 1 aliphatic rings. The van der Waals surface area contributed by atoms with Crippen molar-refractivity contribution in [1.29, 1.82) is 0 Å². The highest BCUT2D eigenvalue weighted by molar-refractivity contribution is 14.0. The fraction of sp³-hybridized carbons (Fsp3) is 0.647. The number of nitrogens with one attached hydrogen (secondary N) is 2. The van der Waals surface area contributed by atoms with Crippen LogP contribution in [0.15, 0.2) is 29.4 Å². The molecule has 2 N–H and O–H groups in total. The van der Waals surface area contributed by atoms with E-state index < -0.39 is 0 Å². The van der Waals surface area contributed by atoms with Crippen molar-refractivity contribution in [1.82, 2.24) is 20.5 Å². The fourth-order valence-corrected chi connectivity index (χ4v) is 2.82. The number of hydrogen-bond acceptors (Lipinski definition) is 3. The lowest BCUT2D eigenvalue weighted by molar-refractivity contribution is 0.287. The Hall–Kier alpha value is -0.890. The van der Waals surface area contributed by atoms with Gasteiger partial charge in [-0.3, -0.25) is 9.98 Å². The minimum Gasteiger partial charge on any atom is -0.356 e. The molecule has 1 aliphatic heterocycles. The predicted octanol–water partition coefficient (Wildman–Crippen LogP) is 2.14. The van der Waals surface area contributed by atoms with Gasteiger partial charge < -0.3 is 15.5 Å². The molecule has 2 heterocycles. The second-order valence-electron chi connectivity index (χ2n) is 6.06. The lowest BCUT2D eigenvalue weighted by Gasteiger charge is -2.21. The van der Waals surface area contributed by atoms with Crippen molar-refractivity contribution in [2.24, 2.45) is 10.9 Å². The van der Waals surface area contributed by atoms with E-state index in [1.807, 2.05) is 25.4 Å². The summed E-state index contributed by atoms with van der Waals surface area (Å²) in [7, 11) is 1.82.